The van der Waals surface area contributed by atoms with Crippen LogP contribution in [0.1, 0.15) is 39.2 Å². The Morgan fingerprint density at radius 2 is 1.32 bits per heavy atom. The molecule has 2 aliphatic carbocycles. The van der Waals surface area contributed by atoms with Crippen LogP contribution in [0.15, 0.2) is 124 Å². The molecule has 1 atom stereocenters. The van der Waals surface area contributed by atoms with E-state index in [9.17, 15) is 0 Å². The van der Waals surface area contributed by atoms with Crippen molar-refractivity contribution in [3.05, 3.63) is 146 Å². The van der Waals surface area contributed by atoms with Gasteiger partial charge in [-0.3, -0.25) is 0 Å². The Hall–Kier alpha value is -2.51. The van der Waals surface area contributed by atoms with Gasteiger partial charge in [0.05, 0.1) is 0 Å². The number of hydrogen-bond donors (Lipinski definition) is 0. The van der Waals surface area contributed by atoms with Crippen molar-refractivity contribution in [2.45, 2.75) is 17.0 Å². The third-order valence-corrected chi connectivity index (χ3v) is 15.5. The van der Waals surface area contributed by atoms with Crippen LogP contribution in [0.25, 0.3) is 11.1 Å². The fourth-order valence-electron chi connectivity index (χ4n) is 5.73. The number of benzene rings is 4. The van der Waals surface area contributed by atoms with Gasteiger partial charge in [-0.1, -0.05) is 0 Å². The second-order valence-electron chi connectivity index (χ2n) is 9.29. The van der Waals surface area contributed by atoms with Gasteiger partial charge in [-0.05, 0) is 0 Å². The van der Waals surface area contributed by atoms with Crippen molar-refractivity contribution in [2.24, 2.45) is 0 Å². The monoisotopic (exact) mass is 600 g/mol. The van der Waals surface area contributed by atoms with Crippen molar-refractivity contribution in [1.29, 1.82) is 0 Å². The Bertz CT molecular complexity index is 1460. The fourth-order valence-corrected chi connectivity index (χ4v) is 15.0. The Balaban J connectivity index is 0.00000160. The number of fused-ring (bicyclic) bond motifs is 3. The molecule has 37 heavy (non-hydrogen) atoms. The molecule has 4 aromatic rings. The summed E-state index contributed by atoms with van der Waals surface area (Å²) in [7, 11) is 1.80. The van der Waals surface area contributed by atoms with E-state index in [1.165, 1.54) is 39.0 Å². The second kappa shape index (κ2) is 11.9. The molecular weight excluding hydrogens is 574 g/mol. The summed E-state index contributed by atoms with van der Waals surface area (Å²) < 4.78 is 9.56. The molecule has 2 aliphatic rings. The van der Waals surface area contributed by atoms with Gasteiger partial charge in [-0.15, -0.1) is 0 Å². The number of allylic oxidation sites excluding steroid dienone is 4. The Labute approximate surface area is 239 Å². The molecule has 0 amide bonds. The van der Waals surface area contributed by atoms with Crippen molar-refractivity contribution in [2.75, 3.05) is 7.11 Å². The topological polar surface area (TPSA) is 9.23 Å². The molecule has 6 rings (SSSR count). The zero-order chi connectivity index (χ0) is 23.8. The van der Waals surface area contributed by atoms with E-state index in [1.807, 2.05) is 0 Å². The van der Waals surface area contributed by atoms with Gasteiger partial charge in [0.25, 0.3) is 0 Å². The first kappa shape index (κ1) is 27.5. The first-order valence-corrected chi connectivity index (χ1v) is 16.1. The number of hydrogen-bond acceptors (Lipinski definition) is 1. The zero-order valence-corrected chi connectivity index (χ0v) is 24.9. The average Bonchev–Trinajstić information content (AvgIpc) is 3.49. The molecule has 4 heteroatoms. The van der Waals surface area contributed by atoms with Crippen molar-refractivity contribution < 1.29 is 50.8 Å². The summed E-state index contributed by atoms with van der Waals surface area (Å²) in [5.74, 6) is 0.982. The van der Waals surface area contributed by atoms with Gasteiger partial charge in [0.1, 0.15) is 0 Å². The van der Waals surface area contributed by atoms with Crippen LogP contribution in [-0.2, 0) is 21.3 Å². The van der Waals surface area contributed by atoms with Crippen molar-refractivity contribution in [3.63, 3.8) is 0 Å². The van der Waals surface area contributed by atoms with Crippen LogP contribution < -0.4 is 29.6 Å². The van der Waals surface area contributed by atoms with E-state index < -0.39 is 21.3 Å². The Morgan fingerprint density at radius 1 is 0.730 bits per heavy atom. The molecule has 1 nitrogen and oxygen atoms in total. The van der Waals surface area contributed by atoms with Gasteiger partial charge < -0.3 is 24.8 Å². The van der Waals surface area contributed by atoms with Crippen LogP contribution in [0, 0.1) is 0 Å². The molecule has 184 valence electrons. The molecule has 0 aliphatic heterocycles. The summed E-state index contributed by atoms with van der Waals surface area (Å²) in [5, 5.41) is 0. The number of methoxy groups -OCH3 is 1. The van der Waals surface area contributed by atoms with Crippen LogP contribution in [0.3, 0.4) is 0 Å². The van der Waals surface area contributed by atoms with E-state index in [4.69, 9.17) is 4.74 Å². The summed E-state index contributed by atoms with van der Waals surface area (Å²) in [6.45, 7) is 2.25. The summed E-state index contributed by atoms with van der Waals surface area (Å²) in [6.07, 6.45) is 5.99. The van der Waals surface area contributed by atoms with Gasteiger partial charge in [-0.2, -0.15) is 0 Å². The Kier molecular flexibility index (Phi) is 8.86. The third kappa shape index (κ3) is 5.00. The minimum atomic E-state index is -2.60. The molecule has 0 aromatic heterocycles. The SMILES string of the molecule is COc1cccc2c1-c1ccccc1[CH]2[Zr+2]([C]1=CC(C)=CC1)=[C](c1ccccc1)c1ccccc1.[Cl-].[Cl-]. The van der Waals surface area contributed by atoms with Crippen molar-refractivity contribution in [1.82, 2.24) is 0 Å². The van der Waals surface area contributed by atoms with Crippen LogP contribution in [0.5, 0.6) is 5.75 Å². The molecule has 4 aromatic carbocycles. The summed E-state index contributed by atoms with van der Waals surface area (Å²) in [5.41, 5.74) is 9.67. The predicted molar refractivity (Wildman–Crippen MR) is 143 cm³/mol. The second-order valence-corrected chi connectivity index (χ2v) is 15.5. The smallest absolute Gasteiger partial charge is 1.00 e. The van der Waals surface area contributed by atoms with E-state index in [-0.39, 0.29) is 24.8 Å². The van der Waals surface area contributed by atoms with Crippen LogP contribution in [-0.4, -0.2) is 10.3 Å². The van der Waals surface area contributed by atoms with Crippen LogP contribution in [0.4, 0.5) is 0 Å². The van der Waals surface area contributed by atoms with Gasteiger partial charge in [0.15, 0.2) is 0 Å². The molecule has 0 fully saturated rings. The first-order valence-electron chi connectivity index (χ1n) is 12.2. The normalized spacial score (nSPS) is 14.6. The minimum absolute atomic E-state index is 0. The van der Waals surface area contributed by atoms with Crippen molar-refractivity contribution >= 4 is 3.21 Å². The number of rotatable bonds is 5. The molecule has 0 spiro atoms. The largest absolute Gasteiger partial charge is 1.00 e. The molecule has 0 radical (unpaired) electrons. The number of halogens is 2. The average molecular weight is 603 g/mol. The van der Waals surface area contributed by atoms with Crippen molar-refractivity contribution in [3.8, 4) is 16.9 Å². The summed E-state index contributed by atoms with van der Waals surface area (Å²) in [4.78, 5) is 0. The number of ether oxygens (including phenoxy) is 1. The van der Waals surface area contributed by atoms with E-state index in [0.29, 0.717) is 3.63 Å². The van der Waals surface area contributed by atoms with Gasteiger partial charge in [0.2, 0.25) is 0 Å². The Morgan fingerprint density at radius 3 is 1.92 bits per heavy atom. The summed E-state index contributed by atoms with van der Waals surface area (Å²) >= 11 is -2.60. The quantitative estimate of drug-likeness (QED) is 0.339. The molecule has 1 unspecified atom stereocenters. The van der Waals surface area contributed by atoms with E-state index in [0.717, 1.165) is 12.2 Å². The van der Waals surface area contributed by atoms with Gasteiger partial charge >= 0.3 is 217 Å². The van der Waals surface area contributed by atoms with Gasteiger partial charge in [-0.25, -0.2) is 0 Å². The zero-order valence-electron chi connectivity index (χ0n) is 20.9. The maximum atomic E-state index is 5.90. The molecule has 0 saturated heterocycles. The van der Waals surface area contributed by atoms with E-state index in [1.54, 1.807) is 13.6 Å². The molecule has 0 heterocycles. The maximum absolute atomic E-state index is 5.90. The van der Waals surface area contributed by atoms with Crippen LogP contribution in [0.2, 0.25) is 0 Å². The standard InChI is InChI=1S/C14H11O.C13H10.C6H7.2ClH.Zr/c1-15-13-8-4-6-11-9-10-5-2-3-7-12(10)14(11)13;1-3-7-12(8-4-1)11-13-9-5-2-6-10-13;1-6-4-2-3-5-6;;;/h2-9H,1H3;1-10H;4-5H,2H2,1H3;2*1H;/q;;;;;+2/p-2. The molecular formula is C33H28Cl2OZr. The molecule has 0 saturated carbocycles. The minimum Gasteiger partial charge on any atom is -1.00 e. The van der Waals surface area contributed by atoms with Gasteiger partial charge in [0, 0.05) is 0 Å². The summed E-state index contributed by atoms with van der Waals surface area (Å²) in [6, 6.07) is 37.9. The third-order valence-electron chi connectivity index (χ3n) is 7.21. The predicted octanol–water partition coefficient (Wildman–Crippen LogP) is 1.89. The first-order chi connectivity index (χ1) is 17.3. The van der Waals surface area contributed by atoms with E-state index in [2.05, 4.69) is 122 Å². The molecule has 0 bridgehead atoms. The van der Waals surface area contributed by atoms with E-state index >= 15 is 0 Å². The molecule has 0 N–H and O–H groups in total. The van der Waals surface area contributed by atoms with Crippen LogP contribution >= 0.6 is 0 Å². The fraction of sp³-hybridized carbons (Fsp3) is 0.121. The maximum Gasteiger partial charge on any atom is -1.00 e.